The Morgan fingerprint density at radius 2 is 1.89 bits per heavy atom. The number of aromatic nitrogens is 2. The van der Waals surface area contributed by atoms with Crippen LogP contribution in [0.5, 0.6) is 0 Å². The molecule has 3 aromatic heterocycles. The first-order chi connectivity index (χ1) is 17.0. The summed E-state index contributed by atoms with van der Waals surface area (Å²) in [6.45, 7) is -0.405. The average Bonchev–Trinajstić information content (AvgIpc) is 3.65. The Bertz CT molecular complexity index is 1580. The predicted octanol–water partition coefficient (Wildman–Crippen LogP) is 4.36. The first-order valence-electron chi connectivity index (χ1n) is 10.8. The second kappa shape index (κ2) is 8.24. The van der Waals surface area contributed by atoms with E-state index in [1.807, 2.05) is 30.3 Å². The number of fused-ring (bicyclic) bond motifs is 1. The van der Waals surface area contributed by atoms with Crippen LogP contribution in [0, 0.1) is 5.82 Å². The van der Waals surface area contributed by atoms with Gasteiger partial charge in [0.1, 0.15) is 35.5 Å². The van der Waals surface area contributed by atoms with E-state index in [2.05, 4.69) is 10.2 Å². The summed E-state index contributed by atoms with van der Waals surface area (Å²) in [6.07, 6.45) is 1.89. The van der Waals surface area contributed by atoms with E-state index in [4.69, 9.17) is 13.3 Å². The van der Waals surface area contributed by atoms with E-state index in [-0.39, 0.29) is 5.89 Å². The molecule has 4 heterocycles. The molecule has 5 aromatic rings. The fraction of sp³-hybridized carbons (Fsp3) is 0.120. The third-order valence-corrected chi connectivity index (χ3v) is 5.73. The monoisotopic (exact) mass is 472 g/mol. The van der Waals surface area contributed by atoms with Gasteiger partial charge >= 0.3 is 5.76 Å². The van der Waals surface area contributed by atoms with E-state index in [0.717, 1.165) is 10.1 Å². The molecule has 2 aromatic carbocycles. The zero-order valence-electron chi connectivity index (χ0n) is 18.1. The van der Waals surface area contributed by atoms with Crippen molar-refractivity contribution in [3.8, 4) is 11.5 Å². The summed E-state index contributed by atoms with van der Waals surface area (Å²) in [7, 11) is 0. The van der Waals surface area contributed by atoms with Crippen LogP contribution < -0.4 is 5.76 Å². The predicted molar refractivity (Wildman–Crippen MR) is 122 cm³/mol. The van der Waals surface area contributed by atoms with Crippen LogP contribution in [0.15, 0.2) is 96.1 Å². The summed E-state index contributed by atoms with van der Waals surface area (Å²) in [5.74, 6) is -0.644. The second-order valence-electron chi connectivity index (χ2n) is 8.01. The topological polar surface area (TPSA) is 107 Å². The van der Waals surface area contributed by atoms with Crippen LogP contribution in [0.25, 0.3) is 22.4 Å². The zero-order valence-corrected chi connectivity index (χ0v) is 18.1. The molecule has 1 amide bonds. The van der Waals surface area contributed by atoms with Gasteiger partial charge in [-0.15, -0.1) is 5.10 Å². The molecule has 0 saturated heterocycles. The molecule has 1 unspecified atom stereocenters. The summed E-state index contributed by atoms with van der Waals surface area (Å²) in [4.78, 5) is 25.6. The minimum atomic E-state index is -0.812. The van der Waals surface area contributed by atoms with Crippen molar-refractivity contribution in [1.82, 2.24) is 14.8 Å². The van der Waals surface area contributed by atoms with Gasteiger partial charge in [0.05, 0.1) is 6.26 Å². The number of hydrazone groups is 1. The number of nitrogens with zero attached hydrogens (tertiary/aromatic N) is 4. The van der Waals surface area contributed by atoms with Crippen molar-refractivity contribution in [2.75, 3.05) is 0 Å². The number of furan rings is 2. The number of hydrogen-bond acceptors (Lipinski definition) is 7. The molecule has 1 aliphatic rings. The normalized spacial score (nSPS) is 15.6. The van der Waals surface area contributed by atoms with Crippen molar-refractivity contribution in [3.05, 3.63) is 101 Å². The van der Waals surface area contributed by atoms with Gasteiger partial charge in [-0.2, -0.15) is 9.78 Å². The van der Waals surface area contributed by atoms with E-state index < -0.39 is 30.1 Å². The number of benzene rings is 2. The Kier molecular flexibility index (Phi) is 4.91. The molecular weight excluding hydrogens is 455 g/mol. The standard InChI is InChI=1S/C25H17FN4O5/c26-17-9-7-15(8-10-17)24-28-29(25(32)35-24)14-23(31)30-19(21-6-3-11-33-21)13-18(27-30)22-12-16-4-1-2-5-20(16)34-22/h1-12,19H,13-14H2. The Labute approximate surface area is 196 Å². The van der Waals surface area contributed by atoms with Crippen molar-refractivity contribution in [2.45, 2.75) is 19.0 Å². The lowest BCUT2D eigenvalue weighted by Gasteiger charge is -2.19. The molecule has 1 atom stereocenters. The van der Waals surface area contributed by atoms with Crippen LogP contribution in [-0.4, -0.2) is 26.4 Å². The zero-order chi connectivity index (χ0) is 23.9. The number of carbonyl (C=O) groups excluding carboxylic acids is 1. The van der Waals surface area contributed by atoms with Crippen LogP contribution in [0.2, 0.25) is 0 Å². The summed E-state index contributed by atoms with van der Waals surface area (Å²) in [6, 6.07) is 17.8. The lowest BCUT2D eigenvalue weighted by molar-refractivity contribution is -0.134. The Hall–Kier alpha value is -4.73. The van der Waals surface area contributed by atoms with Gasteiger partial charge < -0.3 is 13.3 Å². The van der Waals surface area contributed by atoms with Crippen molar-refractivity contribution in [2.24, 2.45) is 5.10 Å². The number of para-hydroxylation sites is 1. The van der Waals surface area contributed by atoms with Crippen molar-refractivity contribution >= 4 is 22.6 Å². The maximum atomic E-state index is 13.3. The first kappa shape index (κ1) is 20.8. The number of carbonyl (C=O) groups is 1. The molecule has 0 fully saturated rings. The maximum absolute atomic E-state index is 13.3. The molecule has 35 heavy (non-hydrogen) atoms. The van der Waals surface area contributed by atoms with Crippen LogP contribution in [0.1, 0.15) is 24.0 Å². The molecule has 174 valence electrons. The molecule has 6 rings (SSSR count). The smallest absolute Gasteiger partial charge is 0.437 e. The van der Waals surface area contributed by atoms with Gasteiger partial charge in [0.15, 0.2) is 5.76 Å². The van der Waals surface area contributed by atoms with E-state index in [1.165, 1.54) is 35.5 Å². The van der Waals surface area contributed by atoms with Gasteiger partial charge in [-0.05, 0) is 48.5 Å². The number of halogens is 1. The third-order valence-electron chi connectivity index (χ3n) is 5.73. The average molecular weight is 472 g/mol. The molecule has 0 spiro atoms. The molecule has 0 saturated carbocycles. The Balaban J connectivity index is 1.30. The number of amides is 1. The molecule has 0 bridgehead atoms. The molecule has 0 radical (unpaired) electrons. The maximum Gasteiger partial charge on any atom is 0.437 e. The van der Waals surface area contributed by atoms with Crippen LogP contribution in [-0.2, 0) is 11.3 Å². The van der Waals surface area contributed by atoms with Gasteiger partial charge in [-0.1, -0.05) is 18.2 Å². The summed E-state index contributed by atoms with van der Waals surface area (Å²) in [5.41, 5.74) is 1.71. The van der Waals surface area contributed by atoms with Crippen LogP contribution in [0.4, 0.5) is 4.39 Å². The Morgan fingerprint density at radius 3 is 2.66 bits per heavy atom. The SMILES string of the molecule is O=C(Cn1nc(-c2ccc(F)cc2)oc1=O)N1N=C(c2cc3ccccc3o2)CC1c1ccco1. The van der Waals surface area contributed by atoms with Gasteiger partial charge in [-0.3, -0.25) is 4.79 Å². The van der Waals surface area contributed by atoms with E-state index in [1.54, 1.807) is 12.1 Å². The van der Waals surface area contributed by atoms with Gasteiger partial charge in [0.2, 0.25) is 5.89 Å². The molecule has 0 aliphatic carbocycles. The fourth-order valence-corrected chi connectivity index (χ4v) is 4.03. The highest BCUT2D eigenvalue weighted by atomic mass is 19.1. The van der Waals surface area contributed by atoms with Gasteiger partial charge in [-0.25, -0.2) is 14.2 Å². The van der Waals surface area contributed by atoms with Crippen LogP contribution >= 0.6 is 0 Å². The minimum absolute atomic E-state index is 0.0155. The van der Waals surface area contributed by atoms with Crippen molar-refractivity contribution in [1.29, 1.82) is 0 Å². The van der Waals surface area contributed by atoms with Crippen molar-refractivity contribution < 1.29 is 22.4 Å². The number of hydrogen-bond donors (Lipinski definition) is 0. The van der Waals surface area contributed by atoms with E-state index >= 15 is 0 Å². The molecule has 1 aliphatic heterocycles. The largest absolute Gasteiger partial charge is 0.467 e. The molecule has 9 nitrogen and oxygen atoms in total. The van der Waals surface area contributed by atoms with Gasteiger partial charge in [0.25, 0.3) is 5.91 Å². The lowest BCUT2D eigenvalue weighted by Crippen LogP contribution is -2.33. The van der Waals surface area contributed by atoms with E-state index in [0.29, 0.717) is 34.8 Å². The fourth-order valence-electron chi connectivity index (χ4n) is 4.03. The molecular formula is C25H17FN4O5. The lowest BCUT2D eigenvalue weighted by atomic mass is 10.1. The third kappa shape index (κ3) is 3.84. The number of rotatable bonds is 5. The summed E-state index contributed by atoms with van der Waals surface area (Å²) >= 11 is 0. The Morgan fingerprint density at radius 1 is 1.06 bits per heavy atom. The highest BCUT2D eigenvalue weighted by molar-refractivity contribution is 6.03. The van der Waals surface area contributed by atoms with Crippen molar-refractivity contribution in [3.63, 3.8) is 0 Å². The second-order valence-corrected chi connectivity index (χ2v) is 8.01. The van der Waals surface area contributed by atoms with E-state index in [9.17, 15) is 14.0 Å². The van der Waals surface area contributed by atoms with Gasteiger partial charge in [0, 0.05) is 17.4 Å². The molecule has 10 heteroatoms. The quantitative estimate of drug-likeness (QED) is 0.376. The minimum Gasteiger partial charge on any atom is -0.467 e. The summed E-state index contributed by atoms with van der Waals surface area (Å²) in [5, 5.41) is 10.8. The van der Waals surface area contributed by atoms with Crippen LogP contribution in [0.3, 0.4) is 0 Å². The first-order valence-corrected chi connectivity index (χ1v) is 10.8. The highest BCUT2D eigenvalue weighted by Gasteiger charge is 2.36. The molecule has 0 N–H and O–H groups in total. The summed E-state index contributed by atoms with van der Waals surface area (Å²) < 4.78 is 30.8. The highest BCUT2D eigenvalue weighted by Crippen LogP contribution is 2.34.